The van der Waals surface area contributed by atoms with Crippen molar-refractivity contribution in [2.45, 2.75) is 9.99 Å². The van der Waals surface area contributed by atoms with Crippen LogP contribution in [-0.2, 0) is 10.8 Å². The van der Waals surface area contributed by atoms with Crippen LogP contribution < -0.4 is 0 Å². The molecule has 1 aromatic carbocycles. The van der Waals surface area contributed by atoms with Crippen molar-refractivity contribution in [3.63, 3.8) is 0 Å². The zero-order chi connectivity index (χ0) is 13.7. The van der Waals surface area contributed by atoms with E-state index < -0.39 is 16.8 Å². The zero-order valence-corrected chi connectivity index (χ0v) is 11.6. The number of thioether (sulfide) groups is 1. The lowest BCUT2D eigenvalue weighted by Crippen LogP contribution is -1.99. The molecule has 0 saturated heterocycles. The predicted octanol–water partition coefficient (Wildman–Crippen LogP) is 2.88. The van der Waals surface area contributed by atoms with E-state index in [1.165, 1.54) is 12.1 Å². The van der Waals surface area contributed by atoms with Crippen molar-refractivity contribution in [3.8, 4) is 0 Å². The van der Waals surface area contributed by atoms with Gasteiger partial charge in [-0.25, -0.2) is 4.79 Å². The molecule has 2 aromatic rings. The first-order chi connectivity index (χ1) is 9.16. The van der Waals surface area contributed by atoms with E-state index in [1.807, 2.05) is 30.3 Å². The monoisotopic (exact) mass is 296 g/mol. The summed E-state index contributed by atoms with van der Waals surface area (Å²) >= 11 is 1.61. The minimum absolute atomic E-state index is 0.181. The van der Waals surface area contributed by atoms with Gasteiger partial charge >= 0.3 is 5.97 Å². The molecule has 1 atom stereocenters. The number of carbonyl (C=O) groups is 1. The highest BCUT2D eigenvalue weighted by atomic mass is 32.2. The van der Waals surface area contributed by atoms with Gasteiger partial charge in [-0.1, -0.05) is 18.2 Å². The van der Waals surface area contributed by atoms with Crippen molar-refractivity contribution in [2.75, 3.05) is 11.5 Å². The van der Waals surface area contributed by atoms with Crippen molar-refractivity contribution in [1.29, 1.82) is 0 Å². The van der Waals surface area contributed by atoms with Gasteiger partial charge in [0.15, 0.2) is 5.09 Å². The summed E-state index contributed by atoms with van der Waals surface area (Å²) in [7, 11) is -1.30. The Morgan fingerprint density at radius 3 is 2.58 bits per heavy atom. The van der Waals surface area contributed by atoms with Crippen molar-refractivity contribution in [3.05, 3.63) is 48.2 Å². The summed E-state index contributed by atoms with van der Waals surface area (Å²) < 4.78 is 16.9. The molecule has 100 valence electrons. The third-order valence-corrected chi connectivity index (χ3v) is 4.81. The van der Waals surface area contributed by atoms with Gasteiger partial charge < -0.3 is 9.52 Å². The molecule has 0 amide bonds. The van der Waals surface area contributed by atoms with Crippen LogP contribution in [0.2, 0.25) is 0 Å². The van der Waals surface area contributed by atoms with Crippen LogP contribution in [-0.4, -0.2) is 26.8 Å². The molecule has 0 spiro atoms. The molecule has 0 aliphatic heterocycles. The Morgan fingerprint density at radius 2 is 1.95 bits per heavy atom. The van der Waals surface area contributed by atoms with Crippen LogP contribution in [0.4, 0.5) is 0 Å². The number of aromatic carboxylic acids is 1. The first kappa shape index (κ1) is 13.9. The highest BCUT2D eigenvalue weighted by molar-refractivity contribution is 8.00. The van der Waals surface area contributed by atoms with E-state index in [4.69, 9.17) is 9.52 Å². The first-order valence-corrected chi connectivity index (χ1v) is 7.86. The highest BCUT2D eigenvalue weighted by Crippen LogP contribution is 2.19. The van der Waals surface area contributed by atoms with Crippen molar-refractivity contribution < 1.29 is 18.5 Å². The molecule has 0 fully saturated rings. The maximum atomic E-state index is 11.9. The molecule has 6 heteroatoms. The summed E-state index contributed by atoms with van der Waals surface area (Å²) in [6, 6.07) is 12.6. The fourth-order valence-corrected chi connectivity index (χ4v) is 3.54. The smallest absolute Gasteiger partial charge is 0.371 e. The summed E-state index contributed by atoms with van der Waals surface area (Å²) in [4.78, 5) is 11.8. The van der Waals surface area contributed by atoms with Gasteiger partial charge in [0, 0.05) is 16.4 Å². The second-order valence-electron chi connectivity index (χ2n) is 3.63. The normalized spacial score (nSPS) is 12.2. The largest absolute Gasteiger partial charge is 0.475 e. The number of benzene rings is 1. The molecule has 0 aliphatic rings. The Labute approximate surface area is 117 Å². The Kier molecular flexibility index (Phi) is 4.81. The molecule has 1 heterocycles. The van der Waals surface area contributed by atoms with Crippen LogP contribution in [0.3, 0.4) is 0 Å². The molecule has 0 radical (unpaired) electrons. The summed E-state index contributed by atoms with van der Waals surface area (Å²) in [6.07, 6.45) is 0. The third-order valence-electron chi connectivity index (χ3n) is 2.30. The molecular formula is C13H12O4S2. The number of rotatable bonds is 6. The first-order valence-electron chi connectivity index (χ1n) is 5.56. The number of hydrogen-bond donors (Lipinski definition) is 1. The van der Waals surface area contributed by atoms with Gasteiger partial charge in [-0.15, -0.1) is 11.8 Å². The number of carboxylic acid groups (broad SMARTS) is 1. The Balaban J connectivity index is 1.85. The van der Waals surface area contributed by atoms with Crippen LogP contribution in [0.1, 0.15) is 10.6 Å². The van der Waals surface area contributed by atoms with Gasteiger partial charge in [0.25, 0.3) is 0 Å². The Bertz CT molecular complexity index is 577. The van der Waals surface area contributed by atoms with Crippen LogP contribution in [0.5, 0.6) is 0 Å². The van der Waals surface area contributed by atoms with E-state index in [0.717, 1.165) is 4.90 Å². The van der Waals surface area contributed by atoms with Crippen LogP contribution in [0.25, 0.3) is 0 Å². The SMILES string of the molecule is O=C(O)c1ccc(S(=O)CCSc2ccccc2)o1. The number of carboxylic acids is 1. The molecule has 19 heavy (non-hydrogen) atoms. The molecule has 0 bridgehead atoms. The lowest BCUT2D eigenvalue weighted by atomic mass is 10.4. The second kappa shape index (κ2) is 6.58. The Hall–Kier alpha value is -1.53. The second-order valence-corrected chi connectivity index (χ2v) is 6.30. The molecule has 4 nitrogen and oxygen atoms in total. The van der Waals surface area contributed by atoms with Crippen molar-refractivity contribution in [1.82, 2.24) is 0 Å². The van der Waals surface area contributed by atoms with Crippen LogP contribution in [0, 0.1) is 0 Å². The van der Waals surface area contributed by atoms with E-state index in [0.29, 0.717) is 11.5 Å². The standard InChI is InChI=1S/C13H12O4S2/c14-13(15)11-6-7-12(17-11)19(16)9-8-18-10-4-2-1-3-5-10/h1-7H,8-9H2,(H,14,15). The van der Waals surface area contributed by atoms with E-state index in [2.05, 4.69) is 0 Å². The average Bonchev–Trinajstić information content (AvgIpc) is 2.89. The van der Waals surface area contributed by atoms with Crippen LogP contribution >= 0.6 is 11.8 Å². The van der Waals surface area contributed by atoms with Gasteiger partial charge in [-0.2, -0.15) is 0 Å². The van der Waals surface area contributed by atoms with Crippen LogP contribution in [0.15, 0.2) is 56.9 Å². The molecular weight excluding hydrogens is 284 g/mol. The fourth-order valence-electron chi connectivity index (χ4n) is 1.41. The fraction of sp³-hybridized carbons (Fsp3) is 0.154. The lowest BCUT2D eigenvalue weighted by molar-refractivity contribution is 0.0656. The van der Waals surface area contributed by atoms with E-state index in [1.54, 1.807) is 11.8 Å². The molecule has 0 saturated carbocycles. The molecule has 1 aromatic heterocycles. The summed E-state index contributed by atoms with van der Waals surface area (Å²) in [5.41, 5.74) is 0. The van der Waals surface area contributed by atoms with Gasteiger partial charge in [0.1, 0.15) is 0 Å². The quantitative estimate of drug-likeness (QED) is 0.830. The van der Waals surface area contributed by atoms with Crippen molar-refractivity contribution >= 4 is 28.5 Å². The molecule has 1 unspecified atom stereocenters. The third kappa shape index (κ3) is 3.97. The number of hydrogen-bond acceptors (Lipinski definition) is 4. The lowest BCUT2D eigenvalue weighted by Gasteiger charge is -2.00. The van der Waals surface area contributed by atoms with Gasteiger partial charge in [-0.05, 0) is 24.3 Å². The van der Waals surface area contributed by atoms with E-state index >= 15 is 0 Å². The molecule has 0 aliphatic carbocycles. The number of furan rings is 1. The zero-order valence-electron chi connectivity index (χ0n) is 9.94. The minimum Gasteiger partial charge on any atom is -0.475 e. The summed E-state index contributed by atoms with van der Waals surface area (Å²) in [5.74, 6) is -0.229. The molecule has 2 rings (SSSR count). The van der Waals surface area contributed by atoms with E-state index in [9.17, 15) is 9.00 Å². The molecule has 1 N–H and O–H groups in total. The predicted molar refractivity (Wildman–Crippen MR) is 74.1 cm³/mol. The van der Waals surface area contributed by atoms with Gasteiger partial charge in [0.2, 0.25) is 5.76 Å². The van der Waals surface area contributed by atoms with Gasteiger partial charge in [0.05, 0.1) is 10.8 Å². The highest BCUT2D eigenvalue weighted by Gasteiger charge is 2.13. The minimum atomic E-state index is -1.30. The topological polar surface area (TPSA) is 67.5 Å². The average molecular weight is 296 g/mol. The van der Waals surface area contributed by atoms with E-state index in [-0.39, 0.29) is 10.9 Å². The Morgan fingerprint density at radius 1 is 1.21 bits per heavy atom. The maximum absolute atomic E-state index is 11.9. The maximum Gasteiger partial charge on any atom is 0.371 e. The van der Waals surface area contributed by atoms with Crippen molar-refractivity contribution in [2.24, 2.45) is 0 Å². The summed E-state index contributed by atoms with van der Waals surface area (Å²) in [6.45, 7) is 0. The summed E-state index contributed by atoms with van der Waals surface area (Å²) in [5, 5.41) is 8.92. The van der Waals surface area contributed by atoms with Gasteiger partial charge in [-0.3, -0.25) is 4.21 Å².